The Balaban J connectivity index is 2.59. The van der Waals surface area contributed by atoms with Crippen LogP contribution in [0.5, 0.6) is 0 Å². The minimum atomic E-state index is -3.80. The smallest absolute Gasteiger partial charge is 0.285 e. The number of sulfonamides is 1. The first-order valence-electron chi connectivity index (χ1n) is 5.29. The third kappa shape index (κ3) is 2.25. The number of anilines is 1. The molecule has 0 aliphatic carbocycles. The van der Waals surface area contributed by atoms with E-state index in [1.54, 1.807) is 6.92 Å². The predicted octanol–water partition coefficient (Wildman–Crippen LogP) is 1.01. The van der Waals surface area contributed by atoms with E-state index >= 15 is 0 Å². The molecule has 0 unspecified atom stereocenters. The molecule has 0 saturated carbocycles. The van der Waals surface area contributed by atoms with Crippen molar-refractivity contribution in [1.29, 1.82) is 0 Å². The van der Waals surface area contributed by atoms with Crippen LogP contribution in [0.25, 0.3) is 0 Å². The van der Waals surface area contributed by atoms with Crippen LogP contribution in [0.15, 0.2) is 32.4 Å². The highest BCUT2D eigenvalue weighted by Crippen LogP contribution is 2.28. The first kappa shape index (κ1) is 13.0. The molecule has 98 valence electrons. The predicted molar refractivity (Wildman–Crippen MR) is 68.1 cm³/mol. The van der Waals surface area contributed by atoms with Gasteiger partial charge in [0.1, 0.15) is 11.2 Å². The van der Waals surface area contributed by atoms with Gasteiger partial charge in [0.05, 0.1) is 16.3 Å². The average Bonchev–Trinajstić information content (AvgIpc) is 2.28. The van der Waals surface area contributed by atoms with Gasteiger partial charge in [-0.3, -0.25) is 0 Å². The van der Waals surface area contributed by atoms with E-state index in [0.717, 1.165) is 12.4 Å². The summed E-state index contributed by atoms with van der Waals surface area (Å²) in [4.78, 5) is -0.104. The Morgan fingerprint density at radius 2 is 2.06 bits per heavy atom. The van der Waals surface area contributed by atoms with Crippen LogP contribution in [-0.4, -0.2) is 28.9 Å². The van der Waals surface area contributed by atoms with E-state index in [4.69, 9.17) is 0 Å². The summed E-state index contributed by atoms with van der Waals surface area (Å²) in [6.07, 6.45) is 1.54. The van der Waals surface area contributed by atoms with Crippen molar-refractivity contribution < 1.29 is 16.8 Å². The van der Waals surface area contributed by atoms with Gasteiger partial charge >= 0.3 is 0 Å². The summed E-state index contributed by atoms with van der Waals surface area (Å²) in [6, 6.07) is 3.98. The van der Waals surface area contributed by atoms with Gasteiger partial charge in [0.2, 0.25) is 0 Å². The van der Waals surface area contributed by atoms with Crippen LogP contribution in [-0.2, 0) is 19.9 Å². The number of rotatable bonds is 3. The quantitative estimate of drug-likeness (QED) is 0.896. The molecule has 1 aliphatic heterocycles. The van der Waals surface area contributed by atoms with Crippen molar-refractivity contribution in [3.8, 4) is 0 Å². The minimum absolute atomic E-state index is 0.00516. The number of nitrogens with one attached hydrogen (secondary N) is 1. The van der Waals surface area contributed by atoms with Crippen LogP contribution in [0, 0.1) is 0 Å². The minimum Gasteiger partial charge on any atom is -0.345 e. The lowest BCUT2D eigenvalue weighted by molar-refractivity contribution is 0.594. The molecule has 1 aliphatic rings. The second-order valence-electron chi connectivity index (χ2n) is 3.83. The molecule has 2 rings (SSSR count). The summed E-state index contributed by atoms with van der Waals surface area (Å²) in [5, 5.41) is 2.66. The van der Waals surface area contributed by atoms with E-state index in [0.29, 0.717) is 12.1 Å². The Morgan fingerprint density at radius 3 is 2.72 bits per heavy atom. The van der Waals surface area contributed by atoms with Gasteiger partial charge in [0.15, 0.2) is 9.84 Å². The third-order valence-corrected chi connectivity index (χ3v) is 5.67. The van der Waals surface area contributed by atoms with Gasteiger partial charge in [-0.25, -0.2) is 8.42 Å². The van der Waals surface area contributed by atoms with Crippen molar-refractivity contribution in [1.82, 2.24) is 0 Å². The lowest BCUT2D eigenvalue weighted by Gasteiger charge is -2.13. The van der Waals surface area contributed by atoms with Crippen molar-refractivity contribution >= 4 is 31.9 Å². The maximum atomic E-state index is 11.9. The molecule has 1 N–H and O–H groups in total. The second-order valence-corrected chi connectivity index (χ2v) is 7.54. The molecule has 0 saturated heterocycles. The maximum Gasteiger partial charge on any atom is 0.285 e. The highest BCUT2D eigenvalue weighted by Gasteiger charge is 2.24. The molecule has 1 aromatic rings. The van der Waals surface area contributed by atoms with E-state index in [2.05, 4.69) is 9.71 Å². The van der Waals surface area contributed by atoms with Crippen LogP contribution >= 0.6 is 0 Å². The largest absolute Gasteiger partial charge is 0.345 e. The molecule has 0 radical (unpaired) electrons. The van der Waals surface area contributed by atoms with E-state index < -0.39 is 19.9 Å². The van der Waals surface area contributed by atoms with E-state index in [1.165, 1.54) is 12.1 Å². The number of fused-ring (bicyclic) bond motifs is 1. The molecule has 0 fully saturated rings. The number of sulfone groups is 1. The molecule has 0 spiro atoms. The average molecular weight is 288 g/mol. The highest BCUT2D eigenvalue weighted by atomic mass is 32.2. The molecule has 1 heterocycles. The fraction of sp³-hybridized carbons (Fsp3) is 0.300. The van der Waals surface area contributed by atoms with Gasteiger partial charge in [0, 0.05) is 0 Å². The zero-order valence-electron chi connectivity index (χ0n) is 9.62. The van der Waals surface area contributed by atoms with Gasteiger partial charge in [-0.05, 0) is 24.6 Å². The lowest BCUT2D eigenvalue weighted by Crippen LogP contribution is -2.13. The summed E-state index contributed by atoms with van der Waals surface area (Å²) in [5.74, 6) is -0.0114. The molecule has 18 heavy (non-hydrogen) atoms. The van der Waals surface area contributed by atoms with E-state index in [9.17, 15) is 16.8 Å². The molecular weight excluding hydrogens is 276 g/mol. The summed E-state index contributed by atoms with van der Waals surface area (Å²) < 4.78 is 50.4. The fourth-order valence-corrected chi connectivity index (χ4v) is 4.04. The van der Waals surface area contributed by atoms with Crippen LogP contribution < -0.4 is 5.32 Å². The summed E-state index contributed by atoms with van der Waals surface area (Å²) >= 11 is 0. The standard InChI is InChI=1S/C10H12N2O4S2/c1-2-5-17(13,14)8-3-4-9-10(6-8)18(15,16)12-7-11-9/h3-4,6-7H,2,5H2,1H3,(H,11,12). The zero-order valence-corrected chi connectivity index (χ0v) is 11.3. The zero-order chi connectivity index (χ0) is 13.4. The topological polar surface area (TPSA) is 92.7 Å². The van der Waals surface area contributed by atoms with Crippen LogP contribution in [0.3, 0.4) is 0 Å². The summed E-state index contributed by atoms with van der Waals surface area (Å²) in [5.41, 5.74) is 0.334. The highest BCUT2D eigenvalue weighted by molar-refractivity contribution is 7.92. The Morgan fingerprint density at radius 1 is 1.33 bits per heavy atom. The summed E-state index contributed by atoms with van der Waals surface area (Å²) in [6.45, 7) is 1.75. The Labute approximate surface area is 106 Å². The van der Waals surface area contributed by atoms with Crippen molar-refractivity contribution in [2.45, 2.75) is 23.1 Å². The Bertz CT molecular complexity index is 705. The number of benzene rings is 1. The van der Waals surface area contributed by atoms with Crippen molar-refractivity contribution in [3.05, 3.63) is 18.2 Å². The second kappa shape index (κ2) is 4.36. The molecule has 0 amide bonds. The van der Waals surface area contributed by atoms with Gasteiger partial charge in [0.25, 0.3) is 10.0 Å². The van der Waals surface area contributed by atoms with E-state index in [1.807, 2.05) is 0 Å². The van der Waals surface area contributed by atoms with Crippen LogP contribution in [0.2, 0.25) is 0 Å². The van der Waals surface area contributed by atoms with Gasteiger partial charge in [-0.1, -0.05) is 6.92 Å². The Hall–Kier alpha value is -1.41. The fourth-order valence-electron chi connectivity index (χ4n) is 1.64. The van der Waals surface area contributed by atoms with Gasteiger partial charge in [-0.15, -0.1) is 4.40 Å². The number of hydrogen-bond acceptors (Lipinski definition) is 5. The summed E-state index contributed by atoms with van der Waals surface area (Å²) in [7, 11) is -7.24. The van der Waals surface area contributed by atoms with Crippen molar-refractivity contribution in [2.75, 3.05) is 11.1 Å². The van der Waals surface area contributed by atoms with Crippen molar-refractivity contribution in [3.63, 3.8) is 0 Å². The van der Waals surface area contributed by atoms with Gasteiger partial charge in [-0.2, -0.15) is 8.42 Å². The normalized spacial score (nSPS) is 16.9. The van der Waals surface area contributed by atoms with Crippen LogP contribution in [0.1, 0.15) is 13.3 Å². The molecular formula is C10H12N2O4S2. The molecule has 0 atom stereocenters. The lowest BCUT2D eigenvalue weighted by atomic mass is 10.3. The molecule has 1 aromatic carbocycles. The van der Waals surface area contributed by atoms with Gasteiger partial charge < -0.3 is 5.32 Å². The third-order valence-electron chi connectivity index (χ3n) is 2.47. The SMILES string of the molecule is CCCS(=O)(=O)c1ccc2c(c1)S(=O)(=O)N=CN2. The van der Waals surface area contributed by atoms with E-state index in [-0.39, 0.29) is 15.5 Å². The molecule has 0 aromatic heterocycles. The molecule has 0 bridgehead atoms. The first-order chi connectivity index (χ1) is 8.37. The molecule has 6 nitrogen and oxygen atoms in total. The Kier molecular flexibility index (Phi) is 3.16. The van der Waals surface area contributed by atoms with Crippen LogP contribution in [0.4, 0.5) is 5.69 Å². The van der Waals surface area contributed by atoms with Crippen molar-refractivity contribution in [2.24, 2.45) is 4.40 Å². The maximum absolute atomic E-state index is 11.9. The monoisotopic (exact) mass is 288 g/mol. The number of nitrogens with zero attached hydrogens (tertiary/aromatic N) is 1. The number of hydrogen-bond donors (Lipinski definition) is 1. The first-order valence-corrected chi connectivity index (χ1v) is 8.38. The molecule has 8 heteroatoms.